The highest BCUT2D eigenvalue weighted by atomic mass is 35.5. The molecule has 1 heterocycles. The maximum atomic E-state index is 10.4. The van der Waals surface area contributed by atoms with Crippen LogP contribution >= 0.6 is 11.6 Å². The minimum absolute atomic E-state index is 0.461. The van der Waals surface area contributed by atoms with Gasteiger partial charge >= 0.3 is 0 Å². The van der Waals surface area contributed by atoms with Gasteiger partial charge in [0.1, 0.15) is 36.3 Å². The molecule has 1 saturated heterocycles. The molecule has 1 aliphatic carbocycles. The van der Waals surface area contributed by atoms with Gasteiger partial charge in [-0.25, -0.2) is 0 Å². The topological polar surface area (TPSA) is 99.4 Å². The summed E-state index contributed by atoms with van der Waals surface area (Å²) in [5.41, 5.74) is 2.52. The molecule has 2 aliphatic rings. The van der Waals surface area contributed by atoms with Gasteiger partial charge in [0.05, 0.1) is 13.2 Å². The molecule has 1 aliphatic heterocycles. The van der Waals surface area contributed by atoms with E-state index in [1.165, 1.54) is 12.8 Å². The van der Waals surface area contributed by atoms with Gasteiger partial charge in [-0.1, -0.05) is 35.9 Å². The Morgan fingerprint density at radius 2 is 1.70 bits per heavy atom. The lowest BCUT2D eigenvalue weighted by Gasteiger charge is -2.40. The first kappa shape index (κ1) is 21.6. The van der Waals surface area contributed by atoms with Crippen molar-refractivity contribution >= 4 is 11.6 Å². The molecule has 162 valence electrons. The molecule has 0 spiro atoms. The fourth-order valence-corrected chi connectivity index (χ4v) is 3.89. The molecule has 2 aromatic carbocycles. The summed E-state index contributed by atoms with van der Waals surface area (Å²) >= 11 is 6.39. The van der Waals surface area contributed by atoms with Gasteiger partial charge in [0, 0.05) is 5.02 Å². The van der Waals surface area contributed by atoms with Gasteiger partial charge in [0.25, 0.3) is 0 Å². The Morgan fingerprint density at radius 1 is 0.967 bits per heavy atom. The highest BCUT2D eigenvalue weighted by molar-refractivity contribution is 6.31. The van der Waals surface area contributed by atoms with Crippen molar-refractivity contribution in [3.8, 4) is 5.75 Å². The molecule has 0 unspecified atom stereocenters. The zero-order valence-corrected chi connectivity index (χ0v) is 17.3. The van der Waals surface area contributed by atoms with E-state index >= 15 is 0 Å². The second kappa shape index (κ2) is 9.22. The third kappa shape index (κ3) is 4.80. The fraction of sp³-hybridized carbons (Fsp3) is 0.478. The van der Waals surface area contributed by atoms with Crippen molar-refractivity contribution in [1.82, 2.24) is 0 Å². The normalized spacial score (nSPS) is 29.0. The van der Waals surface area contributed by atoms with Crippen molar-refractivity contribution in [2.24, 2.45) is 5.92 Å². The van der Waals surface area contributed by atoms with Crippen molar-refractivity contribution < 1.29 is 29.9 Å². The van der Waals surface area contributed by atoms with E-state index in [2.05, 4.69) is 0 Å². The van der Waals surface area contributed by atoms with Crippen molar-refractivity contribution in [3.05, 3.63) is 64.2 Å². The van der Waals surface area contributed by atoms with Crippen molar-refractivity contribution in [3.63, 3.8) is 0 Å². The van der Waals surface area contributed by atoms with Gasteiger partial charge in [0.2, 0.25) is 0 Å². The number of ether oxygens (including phenoxy) is 2. The summed E-state index contributed by atoms with van der Waals surface area (Å²) in [5.74, 6) is 1.56. The Hall–Kier alpha value is -1.67. The Bertz CT molecular complexity index is 851. The van der Waals surface area contributed by atoms with Gasteiger partial charge < -0.3 is 29.9 Å². The molecular formula is C23H27ClO6. The van der Waals surface area contributed by atoms with E-state index in [0.29, 0.717) is 22.9 Å². The quantitative estimate of drug-likeness (QED) is 0.533. The van der Waals surface area contributed by atoms with Gasteiger partial charge in [-0.05, 0) is 60.1 Å². The lowest BCUT2D eigenvalue weighted by atomic mass is 9.90. The summed E-state index contributed by atoms with van der Waals surface area (Å²) < 4.78 is 11.4. The van der Waals surface area contributed by atoms with Crippen LogP contribution in [0.3, 0.4) is 0 Å². The summed E-state index contributed by atoms with van der Waals surface area (Å²) in [7, 11) is 0. The molecule has 30 heavy (non-hydrogen) atoms. The maximum absolute atomic E-state index is 10.4. The van der Waals surface area contributed by atoms with Crippen molar-refractivity contribution in [2.75, 3.05) is 13.2 Å². The second-order valence-corrected chi connectivity index (χ2v) is 8.58. The average molecular weight is 435 g/mol. The molecule has 5 atom stereocenters. The number of benzene rings is 2. The third-order valence-electron chi connectivity index (χ3n) is 5.79. The van der Waals surface area contributed by atoms with Gasteiger partial charge in [-0.15, -0.1) is 0 Å². The van der Waals surface area contributed by atoms with E-state index < -0.39 is 37.1 Å². The number of rotatable bonds is 7. The Kier molecular flexibility index (Phi) is 6.63. The van der Waals surface area contributed by atoms with E-state index in [0.717, 1.165) is 23.5 Å². The van der Waals surface area contributed by atoms with E-state index in [1.807, 2.05) is 30.3 Å². The Morgan fingerprint density at radius 3 is 2.37 bits per heavy atom. The van der Waals surface area contributed by atoms with E-state index in [-0.39, 0.29) is 0 Å². The highest BCUT2D eigenvalue weighted by Gasteiger charge is 2.44. The first-order valence-corrected chi connectivity index (χ1v) is 10.6. The number of aliphatic hydroxyl groups is 4. The van der Waals surface area contributed by atoms with Gasteiger partial charge in [-0.3, -0.25) is 0 Å². The van der Waals surface area contributed by atoms with Crippen LogP contribution in [-0.2, 0) is 11.2 Å². The molecule has 0 aromatic heterocycles. The van der Waals surface area contributed by atoms with Crippen LogP contribution in [0.2, 0.25) is 5.02 Å². The predicted molar refractivity (Wildman–Crippen MR) is 112 cm³/mol. The van der Waals surface area contributed by atoms with Crippen LogP contribution in [0.15, 0.2) is 42.5 Å². The van der Waals surface area contributed by atoms with Crippen molar-refractivity contribution in [1.29, 1.82) is 0 Å². The standard InChI is InChI=1S/C23H27ClO6/c24-18-8-5-15(23-22(28)21(27)20(26)19(11-25)30-23)10-16(18)9-13-3-6-17(7-4-13)29-12-14-1-2-14/h3-8,10,14,19-23,25-28H,1-2,9,11-12H2/t19-,20-,21+,22-,23+/m1/s1. The largest absolute Gasteiger partial charge is 0.493 e. The van der Waals surface area contributed by atoms with Crippen LogP contribution in [0.1, 0.15) is 35.6 Å². The summed E-state index contributed by atoms with van der Waals surface area (Å²) in [4.78, 5) is 0. The molecule has 0 amide bonds. The summed E-state index contributed by atoms with van der Waals surface area (Å²) in [6, 6.07) is 13.2. The Balaban J connectivity index is 1.48. The number of hydrogen-bond donors (Lipinski definition) is 4. The van der Waals surface area contributed by atoms with Crippen LogP contribution in [-0.4, -0.2) is 58.1 Å². The van der Waals surface area contributed by atoms with E-state index in [1.54, 1.807) is 12.1 Å². The highest BCUT2D eigenvalue weighted by Crippen LogP contribution is 2.34. The molecule has 0 bridgehead atoms. The average Bonchev–Trinajstić information content (AvgIpc) is 3.58. The van der Waals surface area contributed by atoms with Crippen LogP contribution in [0.4, 0.5) is 0 Å². The van der Waals surface area contributed by atoms with E-state index in [9.17, 15) is 20.4 Å². The number of hydrogen-bond acceptors (Lipinski definition) is 6. The summed E-state index contributed by atoms with van der Waals surface area (Å²) in [5, 5.41) is 40.4. The van der Waals surface area contributed by atoms with Gasteiger partial charge in [-0.2, -0.15) is 0 Å². The molecule has 4 rings (SSSR count). The Labute approximate surface area is 180 Å². The predicted octanol–water partition coefficient (Wildman–Crippen LogP) is 2.23. The summed E-state index contributed by atoms with van der Waals surface area (Å²) in [6.07, 6.45) is -2.86. The lowest BCUT2D eigenvalue weighted by molar-refractivity contribution is -0.231. The minimum Gasteiger partial charge on any atom is -0.493 e. The molecule has 1 saturated carbocycles. The molecule has 0 radical (unpaired) electrons. The molecule has 4 N–H and O–H groups in total. The number of aliphatic hydroxyl groups excluding tert-OH is 4. The monoisotopic (exact) mass is 434 g/mol. The summed E-state index contributed by atoms with van der Waals surface area (Å²) in [6.45, 7) is 0.309. The van der Waals surface area contributed by atoms with Crippen LogP contribution in [0, 0.1) is 5.92 Å². The van der Waals surface area contributed by atoms with Crippen LogP contribution in [0.5, 0.6) is 5.75 Å². The molecule has 2 fully saturated rings. The molecule has 6 nitrogen and oxygen atoms in total. The molecule has 7 heteroatoms. The lowest BCUT2D eigenvalue weighted by Crippen LogP contribution is -2.55. The van der Waals surface area contributed by atoms with Gasteiger partial charge in [0.15, 0.2) is 0 Å². The van der Waals surface area contributed by atoms with E-state index in [4.69, 9.17) is 21.1 Å². The molecular weight excluding hydrogens is 408 g/mol. The third-order valence-corrected chi connectivity index (χ3v) is 6.16. The zero-order chi connectivity index (χ0) is 21.3. The van der Waals surface area contributed by atoms with Crippen LogP contribution in [0.25, 0.3) is 0 Å². The maximum Gasteiger partial charge on any atom is 0.119 e. The second-order valence-electron chi connectivity index (χ2n) is 8.18. The van der Waals surface area contributed by atoms with Crippen molar-refractivity contribution in [2.45, 2.75) is 49.8 Å². The first-order valence-electron chi connectivity index (χ1n) is 10.3. The van der Waals surface area contributed by atoms with Crippen LogP contribution < -0.4 is 4.74 Å². The first-order chi connectivity index (χ1) is 14.5. The fourth-order valence-electron chi connectivity index (χ4n) is 3.71. The minimum atomic E-state index is -1.41. The SMILES string of the molecule is OC[C@H]1O[C@@H](c2ccc(Cl)c(Cc3ccc(OCC4CC4)cc3)c2)[C@H](O)[C@@H](O)[C@@H]1O. The smallest absolute Gasteiger partial charge is 0.119 e. The molecule has 2 aromatic rings. The number of halogens is 1. The zero-order valence-electron chi connectivity index (χ0n) is 16.5.